The molecule has 100 heavy (non-hydrogen) atoms. The maximum atomic E-state index is 13.1. The largest absolute Gasteiger partial charge is 0.472 e. The second kappa shape index (κ2) is 71.3. The molecule has 2 unspecified atom stereocenters. The van der Waals surface area contributed by atoms with E-state index in [0.717, 1.165) is 108 Å². The summed E-state index contributed by atoms with van der Waals surface area (Å²) >= 11 is 0. The van der Waals surface area contributed by atoms with Gasteiger partial charge in [0.1, 0.15) is 19.3 Å². The lowest BCUT2D eigenvalue weighted by atomic mass is 10.0. The van der Waals surface area contributed by atoms with Crippen molar-refractivity contribution in [2.24, 2.45) is 17.8 Å². The molecular formula is C81H158O17P2. The molecule has 0 fully saturated rings. The molecule has 0 aliphatic rings. The maximum absolute atomic E-state index is 13.1. The predicted molar refractivity (Wildman–Crippen MR) is 409 cm³/mol. The molecule has 0 bridgehead atoms. The third-order valence-corrected chi connectivity index (χ3v) is 20.8. The van der Waals surface area contributed by atoms with E-state index >= 15 is 0 Å². The zero-order chi connectivity index (χ0) is 73.7. The molecule has 0 rings (SSSR count). The average molecular weight is 1470 g/mol. The van der Waals surface area contributed by atoms with Crippen LogP contribution in [0.2, 0.25) is 0 Å². The molecule has 0 saturated carbocycles. The van der Waals surface area contributed by atoms with Crippen LogP contribution in [0.3, 0.4) is 0 Å². The zero-order valence-corrected chi connectivity index (χ0v) is 67.5. The van der Waals surface area contributed by atoms with Crippen molar-refractivity contribution in [1.29, 1.82) is 0 Å². The van der Waals surface area contributed by atoms with Crippen molar-refractivity contribution < 1.29 is 80.2 Å². The van der Waals surface area contributed by atoms with Gasteiger partial charge in [-0.3, -0.25) is 37.3 Å². The van der Waals surface area contributed by atoms with Crippen molar-refractivity contribution in [3.8, 4) is 0 Å². The summed E-state index contributed by atoms with van der Waals surface area (Å²) in [6.45, 7) is 12.0. The quantitative estimate of drug-likeness (QED) is 0.0222. The summed E-state index contributed by atoms with van der Waals surface area (Å²) < 4.78 is 68.8. The highest BCUT2D eigenvalue weighted by Crippen LogP contribution is 2.45. The topological polar surface area (TPSA) is 237 Å². The van der Waals surface area contributed by atoms with Crippen LogP contribution in [0.15, 0.2) is 0 Å². The van der Waals surface area contributed by atoms with Crippen molar-refractivity contribution >= 4 is 39.5 Å². The molecule has 0 aromatic rings. The SMILES string of the molecule is CCCCCCCCCCCCCCCCC(=O)O[C@H](COC(=O)CCCCCCCCCCCC(C)C)COP(=O)(O)OC[C@H](O)COP(=O)(O)OC[C@@H](COC(=O)CCCCCCCCCCCCCCCCC(C)C)OC(=O)CCCCCCCCCCCCCCCCC(C)C. The van der Waals surface area contributed by atoms with Crippen LogP contribution in [0.1, 0.15) is 421 Å². The average Bonchev–Trinajstić information content (AvgIpc) is 0.924. The van der Waals surface area contributed by atoms with E-state index in [1.807, 2.05) is 0 Å². The Kier molecular flexibility index (Phi) is 69.9. The number of carbonyl (C=O) groups is 4. The first-order valence-corrected chi connectivity index (χ1v) is 44.8. The van der Waals surface area contributed by atoms with Gasteiger partial charge in [-0.05, 0) is 43.4 Å². The molecule has 0 spiro atoms. The fourth-order valence-corrected chi connectivity index (χ4v) is 14.1. The van der Waals surface area contributed by atoms with Gasteiger partial charge in [-0.2, -0.15) is 0 Å². The normalized spacial score (nSPS) is 14.0. The summed E-state index contributed by atoms with van der Waals surface area (Å²) in [7, 11) is -9.92. The first-order chi connectivity index (χ1) is 48.2. The Labute approximate surface area is 613 Å². The van der Waals surface area contributed by atoms with Gasteiger partial charge in [0.2, 0.25) is 0 Å². The van der Waals surface area contributed by atoms with Crippen molar-refractivity contribution in [3.05, 3.63) is 0 Å². The van der Waals surface area contributed by atoms with Gasteiger partial charge in [0, 0.05) is 25.7 Å². The van der Waals surface area contributed by atoms with Crippen molar-refractivity contribution in [2.75, 3.05) is 39.6 Å². The molecule has 0 amide bonds. The summed E-state index contributed by atoms with van der Waals surface area (Å²) in [5.41, 5.74) is 0. The number of rotatable bonds is 79. The molecule has 3 N–H and O–H groups in total. The Hall–Kier alpha value is -1.94. The molecule has 19 heteroatoms. The van der Waals surface area contributed by atoms with Crippen molar-refractivity contribution in [3.63, 3.8) is 0 Å². The predicted octanol–water partition coefficient (Wildman–Crippen LogP) is 24.1. The van der Waals surface area contributed by atoms with E-state index in [1.165, 1.54) is 231 Å². The Balaban J connectivity index is 5.26. The second-order valence-electron chi connectivity index (χ2n) is 30.6. The van der Waals surface area contributed by atoms with Crippen LogP contribution in [-0.4, -0.2) is 96.7 Å². The molecular weight excluding hydrogens is 1310 g/mol. The van der Waals surface area contributed by atoms with Crippen molar-refractivity contribution in [2.45, 2.75) is 439 Å². The highest BCUT2D eigenvalue weighted by atomic mass is 31.2. The molecule has 5 atom stereocenters. The van der Waals surface area contributed by atoms with Crippen molar-refractivity contribution in [1.82, 2.24) is 0 Å². The van der Waals surface area contributed by atoms with Gasteiger partial charge >= 0.3 is 39.5 Å². The summed E-state index contributed by atoms with van der Waals surface area (Å²) in [6.07, 6.45) is 59.5. The fourth-order valence-electron chi connectivity index (χ4n) is 12.5. The van der Waals surface area contributed by atoms with Crippen LogP contribution in [-0.2, 0) is 65.4 Å². The van der Waals surface area contributed by atoms with E-state index in [9.17, 15) is 43.2 Å². The molecule has 17 nitrogen and oxygen atoms in total. The molecule has 0 aliphatic heterocycles. The van der Waals surface area contributed by atoms with Gasteiger partial charge < -0.3 is 33.8 Å². The number of aliphatic hydroxyl groups excluding tert-OH is 1. The first kappa shape index (κ1) is 98.1. The van der Waals surface area contributed by atoms with Crippen LogP contribution in [0, 0.1) is 17.8 Å². The van der Waals surface area contributed by atoms with Gasteiger partial charge in [-0.15, -0.1) is 0 Å². The van der Waals surface area contributed by atoms with Gasteiger partial charge in [0.25, 0.3) is 0 Å². The van der Waals surface area contributed by atoms with E-state index in [-0.39, 0.29) is 25.7 Å². The summed E-state index contributed by atoms with van der Waals surface area (Å²) in [4.78, 5) is 73.1. The first-order valence-electron chi connectivity index (χ1n) is 41.8. The van der Waals surface area contributed by atoms with Gasteiger partial charge in [0.05, 0.1) is 26.4 Å². The molecule has 0 heterocycles. The van der Waals surface area contributed by atoms with E-state index in [0.29, 0.717) is 25.7 Å². The summed E-state index contributed by atoms with van der Waals surface area (Å²) in [5, 5.41) is 10.6. The molecule has 0 aliphatic carbocycles. The highest BCUT2D eigenvalue weighted by molar-refractivity contribution is 7.47. The Morgan fingerprint density at radius 1 is 0.270 bits per heavy atom. The van der Waals surface area contributed by atoms with Gasteiger partial charge in [-0.1, -0.05) is 370 Å². The number of ether oxygens (including phenoxy) is 4. The summed E-state index contributed by atoms with van der Waals surface area (Å²) in [5.74, 6) is 0.229. The molecule has 0 aromatic carbocycles. The third kappa shape index (κ3) is 74.3. The minimum Gasteiger partial charge on any atom is -0.462 e. The van der Waals surface area contributed by atoms with E-state index in [1.54, 1.807) is 0 Å². The molecule has 0 saturated heterocycles. The monoisotopic (exact) mass is 1470 g/mol. The number of aliphatic hydroxyl groups is 1. The van der Waals surface area contributed by atoms with Crippen LogP contribution in [0.5, 0.6) is 0 Å². The maximum Gasteiger partial charge on any atom is 0.472 e. The second-order valence-corrected chi connectivity index (χ2v) is 33.5. The van der Waals surface area contributed by atoms with E-state index in [2.05, 4.69) is 48.5 Å². The third-order valence-electron chi connectivity index (χ3n) is 18.9. The number of unbranched alkanes of at least 4 members (excludes halogenated alkanes) is 47. The number of phosphoric ester groups is 2. The van der Waals surface area contributed by atoms with E-state index in [4.69, 9.17) is 37.0 Å². The standard InChI is InChI=1S/C81H158O17P2/c1-8-9-10-11-12-13-14-15-22-28-35-43-50-57-64-80(85)98-77(69-92-79(84)63-56-49-42-37-30-33-40-47-54-61-74(6)7)71-96-100(89,90)94-67-75(82)66-93-99(87,88)95-70-76(97-81(86)65-58-51-44-36-29-24-19-17-21-26-32-39-46-53-60-73(4)5)68-91-78(83)62-55-48-41-34-27-23-18-16-20-25-31-38-45-52-59-72(2)3/h72-77,82H,8-71H2,1-7H3,(H,87,88)(H,89,90)/t75-,76-,77-/m1/s1. The Morgan fingerprint density at radius 3 is 0.680 bits per heavy atom. The van der Waals surface area contributed by atoms with Crippen LogP contribution in [0.4, 0.5) is 0 Å². The number of phosphoric acid groups is 2. The minimum atomic E-state index is -4.96. The Morgan fingerprint density at radius 2 is 0.460 bits per heavy atom. The van der Waals surface area contributed by atoms with Crippen LogP contribution < -0.4 is 0 Å². The number of hydrogen-bond donors (Lipinski definition) is 3. The minimum absolute atomic E-state index is 0.107. The van der Waals surface area contributed by atoms with E-state index < -0.39 is 97.5 Å². The lowest BCUT2D eigenvalue weighted by Crippen LogP contribution is -2.30. The molecule has 0 radical (unpaired) electrons. The lowest BCUT2D eigenvalue weighted by Gasteiger charge is -2.21. The smallest absolute Gasteiger partial charge is 0.462 e. The highest BCUT2D eigenvalue weighted by Gasteiger charge is 2.30. The number of hydrogen-bond acceptors (Lipinski definition) is 15. The lowest BCUT2D eigenvalue weighted by molar-refractivity contribution is -0.161. The van der Waals surface area contributed by atoms with Crippen LogP contribution >= 0.6 is 15.6 Å². The van der Waals surface area contributed by atoms with Crippen LogP contribution in [0.25, 0.3) is 0 Å². The zero-order valence-electron chi connectivity index (χ0n) is 65.7. The van der Waals surface area contributed by atoms with Gasteiger partial charge in [0.15, 0.2) is 12.2 Å². The fraction of sp³-hybridized carbons (Fsp3) is 0.951. The molecule has 594 valence electrons. The molecule has 0 aromatic heterocycles. The van der Waals surface area contributed by atoms with Gasteiger partial charge in [-0.25, -0.2) is 9.13 Å². The summed E-state index contributed by atoms with van der Waals surface area (Å²) in [6, 6.07) is 0. The number of esters is 4. The number of carbonyl (C=O) groups excluding carboxylic acids is 4. The Bertz CT molecular complexity index is 1940.